The molecule has 0 saturated carbocycles. The van der Waals surface area contributed by atoms with E-state index in [2.05, 4.69) is 41.9 Å². The number of alkyl carbamates (subject to hydrolysis) is 3. The van der Waals surface area contributed by atoms with Gasteiger partial charge in [0.2, 0.25) is 13.6 Å². The van der Waals surface area contributed by atoms with Gasteiger partial charge in [-0.1, -0.05) is 284 Å². The van der Waals surface area contributed by atoms with E-state index in [0.29, 0.717) is 43.8 Å². The second-order valence-electron chi connectivity index (χ2n) is 40.1. The van der Waals surface area contributed by atoms with Crippen LogP contribution in [0.5, 0.6) is 5.75 Å². The van der Waals surface area contributed by atoms with Crippen LogP contribution in [0.2, 0.25) is 0 Å². The van der Waals surface area contributed by atoms with Crippen LogP contribution in [0.4, 0.5) is 14.4 Å². The molecule has 860 valence electrons. The molecule has 24 atom stereocenters. The Hall–Kier alpha value is -6.05. The minimum Gasteiger partial charge on any atom is -0.438 e. The average molecular weight is 2120 g/mol. The van der Waals surface area contributed by atoms with Gasteiger partial charge in [-0.25, -0.2) is 19.2 Å². The Morgan fingerprint density at radius 2 is 0.714 bits per heavy atom. The Morgan fingerprint density at radius 1 is 0.401 bits per heavy atom. The fourth-order valence-electron chi connectivity index (χ4n) is 17.6. The lowest BCUT2D eigenvalue weighted by Crippen LogP contribution is -2.60. The smallest absolute Gasteiger partial charge is 0.410 e. The summed E-state index contributed by atoms with van der Waals surface area (Å²) in [5.41, 5.74) is 1.44. The van der Waals surface area contributed by atoms with Crippen molar-refractivity contribution in [1.82, 2.24) is 16.0 Å². The molecule has 0 spiro atoms. The summed E-state index contributed by atoms with van der Waals surface area (Å²) >= 11 is 0. The minimum atomic E-state index is -1.65. The maximum absolute atomic E-state index is 13.5. The molecule has 18 N–H and O–H groups in total. The molecule has 0 aromatic heterocycles. The number of unbranched alkanes of at least 4 members (excludes halogenated alkanes) is 33. The molecule has 0 radical (unpaired) electrons. The number of aryl methyl sites for hydroxylation is 2. The first-order chi connectivity index (χ1) is 70.3. The zero-order valence-corrected chi connectivity index (χ0v) is 90.8. The maximum atomic E-state index is 13.5. The van der Waals surface area contributed by atoms with E-state index in [-0.39, 0.29) is 76.0 Å². The van der Waals surface area contributed by atoms with Crippen molar-refractivity contribution in [2.24, 2.45) is 22.9 Å². The number of ether oxygens (including phenoxy) is 15. The van der Waals surface area contributed by atoms with E-state index in [4.69, 9.17) is 75.9 Å². The number of carbonyl (C=O) groups is 6. The van der Waals surface area contributed by atoms with Crippen LogP contribution in [0.1, 0.15) is 349 Å². The number of aliphatic hydroxyl groups excluding tert-OH is 15. The Morgan fingerprint density at radius 3 is 1.03 bits per heavy atom. The van der Waals surface area contributed by atoms with Gasteiger partial charge in [0, 0.05) is 26.7 Å². The molecule has 1 aromatic carbocycles. The molecule has 3 fully saturated rings. The lowest BCUT2D eigenvalue weighted by Gasteiger charge is -2.40. The minimum absolute atomic E-state index is 0.0150. The Labute approximate surface area is 873 Å². The number of carbonyl (C=O) groups excluding carboxylic acids is 6. The molecule has 41 heteroatoms. The van der Waals surface area contributed by atoms with Gasteiger partial charge in [0.05, 0.1) is 108 Å². The fourth-order valence-corrected chi connectivity index (χ4v) is 17.6. The third-order valence-corrected chi connectivity index (χ3v) is 26.7. The van der Waals surface area contributed by atoms with Gasteiger partial charge in [0.15, 0.2) is 18.9 Å². The van der Waals surface area contributed by atoms with Crippen molar-refractivity contribution in [3.8, 4) is 5.75 Å². The number of oxime groups is 1. The number of hydrogen-bond acceptors (Lipinski definition) is 38. The van der Waals surface area contributed by atoms with Crippen molar-refractivity contribution in [3.63, 3.8) is 0 Å². The van der Waals surface area contributed by atoms with E-state index in [1.165, 1.54) is 187 Å². The Balaban J connectivity index is 0.000000746. The average Bonchev–Trinajstić information content (AvgIpc) is 0.775. The van der Waals surface area contributed by atoms with E-state index in [1.807, 2.05) is 40.7 Å². The zero-order valence-electron chi connectivity index (χ0n) is 90.8. The van der Waals surface area contributed by atoms with Crippen LogP contribution >= 0.6 is 0 Å². The predicted molar refractivity (Wildman–Crippen MR) is 547 cm³/mol. The van der Waals surface area contributed by atoms with Gasteiger partial charge in [0.25, 0.3) is 0 Å². The summed E-state index contributed by atoms with van der Waals surface area (Å²) < 4.78 is 79.1. The van der Waals surface area contributed by atoms with E-state index in [9.17, 15) is 105 Å². The first-order valence-corrected chi connectivity index (χ1v) is 54.3. The summed E-state index contributed by atoms with van der Waals surface area (Å²) in [7, 11) is 3.04. The molecular weight excluding hydrogens is 1920 g/mol. The van der Waals surface area contributed by atoms with Crippen LogP contribution in [0, 0.1) is 31.6 Å². The largest absolute Gasteiger partial charge is 0.438 e. The monoisotopic (exact) mass is 2120 g/mol. The second-order valence-corrected chi connectivity index (χ2v) is 40.1. The highest BCUT2D eigenvalue weighted by Gasteiger charge is 2.48. The molecule has 41 nitrogen and oxygen atoms in total. The second kappa shape index (κ2) is 82.5. The lowest BCUT2D eigenvalue weighted by molar-refractivity contribution is -0.303. The Bertz CT molecular complexity index is 3560. The van der Waals surface area contributed by atoms with Gasteiger partial charge in [-0.15, -0.1) is 0 Å². The highest BCUT2D eigenvalue weighted by molar-refractivity contribution is 5.85. The molecule has 4 rings (SSSR count). The molecule has 6 unspecified atom stereocenters. The Kier molecular flexibility index (Phi) is 76.9. The van der Waals surface area contributed by atoms with Crippen molar-refractivity contribution < 1.29 is 181 Å². The van der Waals surface area contributed by atoms with Crippen molar-refractivity contribution in [2.75, 3.05) is 100 Å². The number of hydrogen-bond donors (Lipinski definition) is 18. The van der Waals surface area contributed by atoms with E-state index in [1.54, 1.807) is 33.9 Å². The third-order valence-electron chi connectivity index (χ3n) is 26.7. The van der Waals surface area contributed by atoms with Crippen LogP contribution in [0.25, 0.3) is 0 Å². The highest BCUT2D eigenvalue weighted by Crippen LogP contribution is 2.38. The molecular formula is C106H194N4O37. The summed E-state index contributed by atoms with van der Waals surface area (Å²) in [6.07, 6.45) is 17.4. The van der Waals surface area contributed by atoms with E-state index < -0.39 is 204 Å². The number of aliphatic hydroxyl groups is 15. The maximum Gasteiger partial charge on any atom is 0.410 e. The molecule has 1 aromatic rings. The van der Waals surface area contributed by atoms with Gasteiger partial charge in [-0.05, 0) is 95.2 Å². The number of amides is 3. The predicted octanol–water partition coefficient (Wildman–Crippen LogP) is 10.9. The molecule has 3 amide bonds. The fraction of sp³-hybridized carbons (Fsp3) is 0.877. The van der Waals surface area contributed by atoms with Gasteiger partial charge < -0.3 is 168 Å². The van der Waals surface area contributed by atoms with E-state index in [0.717, 1.165) is 68.9 Å². The summed E-state index contributed by atoms with van der Waals surface area (Å²) in [5, 5.41) is 166. The van der Waals surface area contributed by atoms with Crippen LogP contribution in [-0.2, 0) is 91.1 Å². The van der Waals surface area contributed by atoms with Crippen LogP contribution < -0.4 is 20.7 Å². The van der Waals surface area contributed by atoms with Gasteiger partial charge in [-0.3, -0.25) is 9.59 Å². The van der Waals surface area contributed by atoms with E-state index >= 15 is 0 Å². The lowest BCUT2D eigenvalue weighted by atomic mass is 9.91. The quantitative estimate of drug-likeness (QED) is 0.00548. The van der Waals surface area contributed by atoms with Gasteiger partial charge in [-0.2, -0.15) is 0 Å². The zero-order chi connectivity index (χ0) is 109. The number of rotatable bonds is 79. The van der Waals surface area contributed by atoms with Crippen molar-refractivity contribution in [2.45, 2.75) is 480 Å². The highest BCUT2D eigenvalue weighted by atomic mass is 16.7. The van der Waals surface area contributed by atoms with Gasteiger partial charge >= 0.3 is 36.2 Å². The van der Waals surface area contributed by atoms with Crippen LogP contribution in [-0.4, -0.2) is 348 Å². The normalized spacial score (nSPS) is 22.9. The molecule has 0 bridgehead atoms. The summed E-state index contributed by atoms with van der Waals surface area (Å²) in [5.74, 6) is -2.38. The molecule has 3 aliphatic heterocycles. The molecule has 3 saturated heterocycles. The molecule has 3 heterocycles. The third kappa shape index (κ3) is 58.7. The molecule has 3 aliphatic rings. The van der Waals surface area contributed by atoms with Crippen molar-refractivity contribution in [3.05, 3.63) is 28.8 Å². The molecule has 0 aliphatic carbocycles. The first-order valence-electron chi connectivity index (χ1n) is 54.3. The topological polar surface area (TPSA) is 602 Å². The number of esters is 3. The number of methoxy groups -OCH3 is 2. The summed E-state index contributed by atoms with van der Waals surface area (Å²) in [4.78, 5) is 79.4. The van der Waals surface area contributed by atoms with Crippen molar-refractivity contribution in [1.29, 1.82) is 0 Å². The van der Waals surface area contributed by atoms with Crippen molar-refractivity contribution >= 4 is 41.9 Å². The molecule has 147 heavy (non-hydrogen) atoms. The SMILES string of the molecule is CCCCCCCCCCCCCC[C@@H](C)[C@@H](O)[C@H](CO[C@H]1OC(CO)[C@H](O)[C@H](O)C1O)NC(=O)OC(C)(C)c1c(C)cc(C)cc1OC(C)=O.CCCCCCCCCCCCCC[C@@H](C)[C@@H](O)[C@H](CO[C@H]1OC(CO)[C@H](O)[C@H](O)C1O)NC(=O)OCOC(=O)CCC(C)=NOCCOC.CCCCCCCCCCCCCC[C@@H](C)[C@@H](O)[C@H](CO[C@H]1OC(CO)[C@H](O)[C@H](O)C1O)NC(=O)OCOC(=O)COCCOC. The first kappa shape index (κ1) is 137. The number of nitrogens with zero attached hydrogens (tertiary/aromatic N) is 1. The van der Waals surface area contributed by atoms with Gasteiger partial charge in [0.1, 0.15) is 97.8 Å². The van der Waals surface area contributed by atoms with Crippen LogP contribution in [0.3, 0.4) is 0 Å². The van der Waals surface area contributed by atoms with Crippen LogP contribution in [0.15, 0.2) is 17.3 Å². The number of benzene rings is 1. The standard InChI is InChI=1S/C39H67NO11.C35H66N2O13.C32H61NO13/c1-8-9-10-11-12-13-14-15-16-17-18-19-20-26(3)33(43)29(24-48-37-36(46)35(45)34(44)31(23-41)50-37)40-38(47)51-39(6,7)32-27(4)21-25(2)22-30(32)49-28(5)42;1-5-6-7-8-9-10-11-12-13-14-15-16-17-25(2)30(40)27(23-46-34-33(43)32(42)31(41)28(22-38)50-34)36-35(44)48-24-47-29(39)19-18-26(3)37-49-21-20-45-4;1-4-5-6-7-8-9-10-11-12-13-14-15-16-23(2)27(36)24(20-43-31-30(39)29(38)28(37)25(19-34)46-31)33-32(40)45-22-44-26(35)21-42-18-17-41-3/h21-22,26,29,31,33-37,41,43-46H,8-20,23-24H2,1-7H3,(H,40,47);25,27-28,30-34,38,40-43H,5-24H2,1-4H3,(H,36,44);23-25,27-31,34,36-39H,4-22H2,1-3H3,(H,33,40)/t26-,29+,31?,33-,34+,35+,36?,37+;25-,27+,28?,30-,31+,32+,33?,34+;23-,24+,25?,27-,28+,29+,30?,31+/m111/s1. The number of nitrogens with one attached hydrogen (secondary N) is 3. The summed E-state index contributed by atoms with van der Waals surface area (Å²) in [6, 6.07) is 0.476. The summed E-state index contributed by atoms with van der Waals surface area (Å²) in [6.45, 7) is 18.8.